The van der Waals surface area contributed by atoms with E-state index < -0.39 is 0 Å². The monoisotopic (exact) mass is 718 g/mol. The van der Waals surface area contributed by atoms with Crippen molar-refractivity contribution in [3.8, 4) is 39.1 Å². The zero-order chi connectivity index (χ0) is 37.8. The van der Waals surface area contributed by atoms with Crippen LogP contribution in [0.4, 0.5) is 17.1 Å². The first kappa shape index (κ1) is 32.8. The standard InChI is InChI=1S/C54H42N2/c1-53(2)44-21-10-5-17-39(44)43-34-37(32-33-46(43)53)56(51-27-15-23-47-52(51)42-20-6-11-22-45(42)54(47,3)4)48-24-12-7-16-38(48)35-28-30-36(31-29-35)55-49-25-13-8-18-40(49)41-19-9-14-26-50(41)55/h5-34H,1-4H3. The van der Waals surface area contributed by atoms with Crippen LogP contribution in [0, 0.1) is 0 Å². The Morgan fingerprint density at radius 2 is 0.911 bits per heavy atom. The molecule has 268 valence electrons. The smallest absolute Gasteiger partial charge is 0.0543 e. The molecule has 0 bridgehead atoms. The average molecular weight is 719 g/mol. The fourth-order valence-electron chi connectivity index (χ4n) is 10.1. The van der Waals surface area contributed by atoms with Gasteiger partial charge in [0.15, 0.2) is 0 Å². The van der Waals surface area contributed by atoms with Crippen molar-refractivity contribution in [3.63, 3.8) is 0 Å². The quantitative estimate of drug-likeness (QED) is 0.172. The highest BCUT2D eigenvalue weighted by atomic mass is 15.1. The average Bonchev–Trinajstić information content (AvgIpc) is 3.79. The topological polar surface area (TPSA) is 8.17 Å². The van der Waals surface area contributed by atoms with E-state index in [4.69, 9.17) is 0 Å². The van der Waals surface area contributed by atoms with Crippen LogP contribution in [0.25, 0.3) is 60.9 Å². The molecule has 11 rings (SSSR count). The summed E-state index contributed by atoms with van der Waals surface area (Å²) in [6.45, 7) is 9.45. The minimum atomic E-state index is -0.114. The molecule has 0 amide bonds. The van der Waals surface area contributed by atoms with Crippen LogP contribution < -0.4 is 4.90 Å². The molecule has 0 unspecified atom stereocenters. The van der Waals surface area contributed by atoms with Gasteiger partial charge in [-0.2, -0.15) is 0 Å². The third-order valence-corrected chi connectivity index (χ3v) is 12.8. The number of para-hydroxylation sites is 3. The molecule has 9 aromatic rings. The van der Waals surface area contributed by atoms with E-state index in [9.17, 15) is 0 Å². The number of hydrogen-bond donors (Lipinski definition) is 0. The zero-order valence-electron chi connectivity index (χ0n) is 32.2. The maximum absolute atomic E-state index is 2.53. The lowest BCUT2D eigenvalue weighted by Gasteiger charge is -2.31. The molecule has 8 aromatic carbocycles. The van der Waals surface area contributed by atoms with Crippen molar-refractivity contribution in [2.75, 3.05) is 4.90 Å². The molecule has 1 heterocycles. The molecular weight excluding hydrogens is 677 g/mol. The van der Waals surface area contributed by atoms with Gasteiger partial charge in [0, 0.05) is 44.1 Å². The van der Waals surface area contributed by atoms with Gasteiger partial charge in [-0.15, -0.1) is 0 Å². The highest BCUT2D eigenvalue weighted by Gasteiger charge is 2.39. The first-order chi connectivity index (χ1) is 27.3. The Labute approximate surface area is 328 Å². The predicted molar refractivity (Wildman–Crippen MR) is 236 cm³/mol. The number of benzene rings is 8. The Balaban J connectivity index is 1.12. The van der Waals surface area contributed by atoms with E-state index in [0.29, 0.717) is 0 Å². The van der Waals surface area contributed by atoms with E-state index in [2.05, 4.69) is 219 Å². The van der Waals surface area contributed by atoms with Crippen molar-refractivity contribution >= 4 is 38.9 Å². The van der Waals surface area contributed by atoms with E-state index in [1.807, 2.05) is 0 Å². The first-order valence-corrected chi connectivity index (χ1v) is 19.8. The lowest BCUT2D eigenvalue weighted by atomic mass is 9.82. The van der Waals surface area contributed by atoms with Crippen LogP contribution >= 0.6 is 0 Å². The van der Waals surface area contributed by atoms with Crippen LogP contribution in [0.15, 0.2) is 182 Å². The van der Waals surface area contributed by atoms with Gasteiger partial charge in [-0.3, -0.25) is 0 Å². The van der Waals surface area contributed by atoms with Gasteiger partial charge in [0.05, 0.1) is 22.4 Å². The van der Waals surface area contributed by atoms with Gasteiger partial charge in [-0.1, -0.05) is 161 Å². The number of aromatic nitrogens is 1. The molecule has 0 saturated carbocycles. The SMILES string of the molecule is CC1(C)c2ccccc2-c2cc(N(c3ccccc3-c3ccc(-n4c5ccccc5c5ccccc54)cc3)c3cccc4c3-c3ccccc3C4(C)C)ccc21. The van der Waals surface area contributed by atoms with E-state index in [-0.39, 0.29) is 10.8 Å². The van der Waals surface area contributed by atoms with Gasteiger partial charge in [0.25, 0.3) is 0 Å². The molecule has 1 aromatic heterocycles. The van der Waals surface area contributed by atoms with Gasteiger partial charge in [-0.05, 0) is 93.0 Å². The normalized spacial score (nSPS) is 14.4. The number of hydrogen-bond acceptors (Lipinski definition) is 1. The minimum Gasteiger partial charge on any atom is -0.309 e. The summed E-state index contributed by atoms with van der Waals surface area (Å²) >= 11 is 0. The largest absolute Gasteiger partial charge is 0.309 e. The van der Waals surface area contributed by atoms with E-state index >= 15 is 0 Å². The van der Waals surface area contributed by atoms with Gasteiger partial charge in [-0.25, -0.2) is 0 Å². The number of rotatable bonds is 5. The van der Waals surface area contributed by atoms with Gasteiger partial charge >= 0.3 is 0 Å². The number of fused-ring (bicyclic) bond motifs is 9. The summed E-state index contributed by atoms with van der Waals surface area (Å²) in [5.74, 6) is 0. The Morgan fingerprint density at radius 3 is 1.62 bits per heavy atom. The molecule has 2 aliphatic rings. The molecule has 2 heteroatoms. The Kier molecular flexibility index (Phi) is 6.98. The van der Waals surface area contributed by atoms with Crippen molar-refractivity contribution in [1.29, 1.82) is 0 Å². The van der Waals surface area contributed by atoms with E-state index in [1.54, 1.807) is 0 Å². The first-order valence-electron chi connectivity index (χ1n) is 19.8. The van der Waals surface area contributed by atoms with Crippen molar-refractivity contribution in [3.05, 3.63) is 204 Å². The summed E-state index contributed by atoms with van der Waals surface area (Å²) in [7, 11) is 0. The van der Waals surface area contributed by atoms with Crippen LogP contribution in [0.1, 0.15) is 49.9 Å². The molecule has 0 N–H and O–H groups in total. The summed E-state index contributed by atoms with van der Waals surface area (Å²) in [6, 6.07) is 67.5. The summed E-state index contributed by atoms with van der Waals surface area (Å²) in [5.41, 5.74) is 20.0. The van der Waals surface area contributed by atoms with Crippen molar-refractivity contribution in [2.24, 2.45) is 0 Å². The van der Waals surface area contributed by atoms with Gasteiger partial charge < -0.3 is 9.47 Å². The van der Waals surface area contributed by atoms with Crippen LogP contribution in [0.5, 0.6) is 0 Å². The van der Waals surface area contributed by atoms with Gasteiger partial charge in [0.2, 0.25) is 0 Å². The van der Waals surface area contributed by atoms with Crippen molar-refractivity contribution < 1.29 is 0 Å². The minimum absolute atomic E-state index is 0.0672. The summed E-state index contributed by atoms with van der Waals surface area (Å²) in [4.78, 5) is 2.53. The Hall–Kier alpha value is -6.64. The second kappa shape index (κ2) is 11.9. The molecule has 0 radical (unpaired) electrons. The summed E-state index contributed by atoms with van der Waals surface area (Å²) in [6.07, 6.45) is 0. The number of nitrogens with zero attached hydrogens (tertiary/aromatic N) is 2. The Morgan fingerprint density at radius 1 is 0.393 bits per heavy atom. The molecule has 2 aliphatic carbocycles. The van der Waals surface area contributed by atoms with Crippen LogP contribution in [-0.2, 0) is 10.8 Å². The maximum Gasteiger partial charge on any atom is 0.0543 e. The molecule has 0 aliphatic heterocycles. The zero-order valence-corrected chi connectivity index (χ0v) is 32.2. The molecule has 0 saturated heterocycles. The fourth-order valence-corrected chi connectivity index (χ4v) is 10.1. The highest BCUT2D eigenvalue weighted by molar-refractivity contribution is 6.09. The third kappa shape index (κ3) is 4.56. The molecule has 0 atom stereocenters. The maximum atomic E-state index is 2.53. The van der Waals surface area contributed by atoms with Crippen LogP contribution in [-0.4, -0.2) is 4.57 Å². The summed E-state index contributed by atoms with van der Waals surface area (Å²) in [5, 5.41) is 2.54. The molecular formula is C54H42N2. The lowest BCUT2D eigenvalue weighted by molar-refractivity contribution is 0.660. The van der Waals surface area contributed by atoms with Crippen LogP contribution in [0.2, 0.25) is 0 Å². The number of anilines is 3. The second-order valence-corrected chi connectivity index (χ2v) is 16.5. The van der Waals surface area contributed by atoms with Crippen molar-refractivity contribution in [2.45, 2.75) is 38.5 Å². The van der Waals surface area contributed by atoms with Crippen LogP contribution in [0.3, 0.4) is 0 Å². The molecule has 2 nitrogen and oxygen atoms in total. The van der Waals surface area contributed by atoms with Gasteiger partial charge in [0.1, 0.15) is 0 Å². The van der Waals surface area contributed by atoms with E-state index in [1.165, 1.54) is 83.1 Å². The van der Waals surface area contributed by atoms with E-state index in [0.717, 1.165) is 17.1 Å². The highest BCUT2D eigenvalue weighted by Crippen LogP contribution is 2.56. The van der Waals surface area contributed by atoms with Crippen molar-refractivity contribution in [1.82, 2.24) is 4.57 Å². The Bertz CT molecular complexity index is 2980. The second-order valence-electron chi connectivity index (χ2n) is 16.5. The predicted octanol–water partition coefficient (Wildman–Crippen LogP) is 14.5. The lowest BCUT2D eigenvalue weighted by Crippen LogP contribution is -2.17. The fraction of sp³-hybridized carbons (Fsp3) is 0.111. The molecule has 0 spiro atoms. The third-order valence-electron chi connectivity index (χ3n) is 12.8. The molecule has 56 heavy (non-hydrogen) atoms. The molecule has 0 fully saturated rings. The summed E-state index contributed by atoms with van der Waals surface area (Å²) < 4.78 is 2.39.